The largest absolute Gasteiger partial charge is 0.465 e. The van der Waals surface area contributed by atoms with Gasteiger partial charge in [-0.3, -0.25) is 4.79 Å². The number of amides is 1. The Hall–Kier alpha value is -2.51. The van der Waals surface area contributed by atoms with Gasteiger partial charge in [0.05, 0.1) is 17.6 Å². The van der Waals surface area contributed by atoms with E-state index in [1.54, 1.807) is 24.3 Å². The summed E-state index contributed by atoms with van der Waals surface area (Å²) in [5.74, 6) is -1.22. The standard InChI is InChI=1S/C16H16N2O4S/c1-11-3-9-14(10-4-11)23(17,21)18-15(19)12-5-7-13(8-6-12)16(20)22-2/h3-10H,1-2H3,(H2,17,18,19,21). The molecule has 2 aromatic rings. The highest BCUT2D eigenvalue weighted by atomic mass is 32.2. The maximum absolute atomic E-state index is 12.4. The van der Waals surface area contributed by atoms with E-state index in [9.17, 15) is 13.8 Å². The van der Waals surface area contributed by atoms with Crippen LogP contribution in [-0.4, -0.2) is 23.2 Å². The van der Waals surface area contributed by atoms with Gasteiger partial charge in [0, 0.05) is 5.56 Å². The van der Waals surface area contributed by atoms with Crippen LogP contribution in [-0.2, 0) is 14.7 Å². The Morgan fingerprint density at radius 2 is 1.52 bits per heavy atom. The van der Waals surface area contributed by atoms with Crippen LogP contribution in [0.1, 0.15) is 26.3 Å². The molecule has 2 N–H and O–H groups in total. The van der Waals surface area contributed by atoms with E-state index in [1.807, 2.05) is 6.92 Å². The highest BCUT2D eigenvalue weighted by Gasteiger charge is 2.13. The van der Waals surface area contributed by atoms with Gasteiger partial charge in [0.25, 0.3) is 5.91 Å². The van der Waals surface area contributed by atoms with Crippen molar-refractivity contribution in [3.63, 3.8) is 0 Å². The molecule has 23 heavy (non-hydrogen) atoms. The van der Waals surface area contributed by atoms with Gasteiger partial charge < -0.3 is 4.74 Å². The van der Waals surface area contributed by atoms with Crippen molar-refractivity contribution in [2.75, 3.05) is 7.11 Å². The molecule has 0 spiro atoms. The summed E-state index contributed by atoms with van der Waals surface area (Å²) in [5, 5.41) is 5.69. The van der Waals surface area contributed by atoms with E-state index in [2.05, 4.69) is 9.10 Å². The van der Waals surface area contributed by atoms with Crippen molar-refractivity contribution in [2.45, 2.75) is 11.8 Å². The van der Waals surface area contributed by atoms with Crippen LogP contribution in [0.15, 0.2) is 57.8 Å². The van der Waals surface area contributed by atoms with Gasteiger partial charge in [-0.05, 0) is 43.3 Å². The second-order valence-electron chi connectivity index (χ2n) is 4.85. The topological polar surface area (TPSA) is 98.8 Å². The summed E-state index contributed by atoms with van der Waals surface area (Å²) < 4.78 is 20.6. The lowest BCUT2D eigenvalue weighted by atomic mass is 10.1. The number of aryl methyl sites for hydroxylation is 1. The van der Waals surface area contributed by atoms with Crippen molar-refractivity contribution < 1.29 is 18.5 Å². The molecule has 0 saturated carbocycles. The zero-order valence-electron chi connectivity index (χ0n) is 12.7. The average molecular weight is 332 g/mol. The first kappa shape index (κ1) is 16.9. The Labute approximate surface area is 134 Å². The molecular formula is C16H16N2O4S. The lowest BCUT2D eigenvalue weighted by Crippen LogP contribution is -2.15. The molecule has 0 aliphatic rings. The molecule has 0 bridgehead atoms. The summed E-state index contributed by atoms with van der Waals surface area (Å²) in [7, 11) is -2.06. The van der Waals surface area contributed by atoms with Crippen molar-refractivity contribution in [3.05, 3.63) is 65.2 Å². The van der Waals surface area contributed by atoms with Crippen LogP contribution in [0.3, 0.4) is 0 Å². The number of benzene rings is 2. The molecule has 120 valence electrons. The van der Waals surface area contributed by atoms with Gasteiger partial charge >= 0.3 is 5.97 Å². The number of ether oxygens (including phenoxy) is 1. The smallest absolute Gasteiger partial charge is 0.337 e. The molecule has 6 nitrogen and oxygen atoms in total. The zero-order chi connectivity index (χ0) is 17.0. The van der Waals surface area contributed by atoms with E-state index < -0.39 is 21.8 Å². The predicted molar refractivity (Wildman–Crippen MR) is 86.3 cm³/mol. The molecular weight excluding hydrogens is 316 g/mol. The Bertz CT molecular complexity index is 849. The number of esters is 1. The fraction of sp³-hybridized carbons (Fsp3) is 0.125. The first-order chi connectivity index (χ1) is 10.8. The minimum absolute atomic E-state index is 0.183. The summed E-state index contributed by atoms with van der Waals surface area (Å²) in [6.07, 6.45) is 0. The van der Waals surface area contributed by atoms with Crippen LogP contribution in [0.25, 0.3) is 0 Å². The van der Waals surface area contributed by atoms with Gasteiger partial charge in [0.1, 0.15) is 9.92 Å². The van der Waals surface area contributed by atoms with E-state index in [0.717, 1.165) is 5.56 Å². The lowest BCUT2D eigenvalue weighted by Gasteiger charge is -2.05. The fourth-order valence-corrected chi connectivity index (χ4v) is 2.81. The summed E-state index contributed by atoms with van der Waals surface area (Å²) in [4.78, 5) is 23.7. The van der Waals surface area contributed by atoms with Gasteiger partial charge in [-0.25, -0.2) is 14.1 Å². The van der Waals surface area contributed by atoms with Crippen LogP contribution in [0, 0.1) is 6.92 Å². The first-order valence-electron chi connectivity index (χ1n) is 6.68. The van der Waals surface area contributed by atoms with Gasteiger partial charge in [-0.2, -0.15) is 0 Å². The van der Waals surface area contributed by atoms with Crippen molar-refractivity contribution in [2.24, 2.45) is 9.50 Å². The minimum atomic E-state index is -3.32. The van der Waals surface area contributed by atoms with Crippen LogP contribution >= 0.6 is 0 Å². The number of methoxy groups -OCH3 is 1. The van der Waals surface area contributed by atoms with E-state index in [-0.39, 0.29) is 10.5 Å². The highest BCUT2D eigenvalue weighted by molar-refractivity contribution is 7.91. The number of rotatable bonds is 3. The summed E-state index contributed by atoms with van der Waals surface area (Å²) in [6, 6.07) is 12.3. The Morgan fingerprint density at radius 1 is 1.00 bits per heavy atom. The molecule has 0 fully saturated rings. The van der Waals surface area contributed by atoms with E-state index in [1.165, 1.54) is 31.4 Å². The Morgan fingerprint density at radius 3 is 2.04 bits per heavy atom. The van der Waals surface area contributed by atoms with Gasteiger partial charge in [-0.15, -0.1) is 4.36 Å². The molecule has 7 heteroatoms. The number of nitrogens with two attached hydrogens (primary N) is 1. The second-order valence-corrected chi connectivity index (χ2v) is 6.64. The number of carbonyl (C=O) groups excluding carboxylic acids is 2. The van der Waals surface area contributed by atoms with Crippen molar-refractivity contribution >= 4 is 21.8 Å². The third-order valence-corrected chi connectivity index (χ3v) is 4.51. The normalized spacial score (nSPS) is 13.0. The monoisotopic (exact) mass is 332 g/mol. The third-order valence-electron chi connectivity index (χ3n) is 3.13. The lowest BCUT2D eigenvalue weighted by molar-refractivity contribution is 0.0600. The van der Waals surface area contributed by atoms with E-state index in [0.29, 0.717) is 5.56 Å². The maximum atomic E-state index is 12.4. The summed E-state index contributed by atoms with van der Waals surface area (Å²) >= 11 is 0. The molecule has 0 aliphatic carbocycles. The van der Waals surface area contributed by atoms with Crippen molar-refractivity contribution in [1.82, 2.24) is 0 Å². The molecule has 1 amide bonds. The summed E-state index contributed by atoms with van der Waals surface area (Å²) in [6.45, 7) is 1.88. The SMILES string of the molecule is COC(=O)c1ccc(C(=O)N=S(N)(=O)c2ccc(C)cc2)cc1. The predicted octanol–water partition coefficient (Wildman–Crippen LogP) is 2.32. The number of hydrogen-bond donors (Lipinski definition) is 1. The first-order valence-corrected chi connectivity index (χ1v) is 8.25. The molecule has 0 radical (unpaired) electrons. The molecule has 0 heterocycles. The molecule has 1 unspecified atom stereocenters. The van der Waals surface area contributed by atoms with Gasteiger partial charge in [0.15, 0.2) is 0 Å². The van der Waals surface area contributed by atoms with Crippen molar-refractivity contribution in [3.8, 4) is 0 Å². The minimum Gasteiger partial charge on any atom is -0.465 e. The van der Waals surface area contributed by atoms with Crippen molar-refractivity contribution in [1.29, 1.82) is 0 Å². The molecule has 0 aromatic heterocycles. The highest BCUT2D eigenvalue weighted by Crippen LogP contribution is 2.13. The number of hydrogen-bond acceptors (Lipinski definition) is 4. The van der Waals surface area contributed by atoms with E-state index in [4.69, 9.17) is 5.14 Å². The Balaban J connectivity index is 2.31. The van der Waals surface area contributed by atoms with Crippen LogP contribution in [0.4, 0.5) is 0 Å². The number of nitrogens with zero attached hydrogens (tertiary/aromatic N) is 1. The second kappa shape index (κ2) is 6.72. The van der Waals surface area contributed by atoms with Crippen LogP contribution < -0.4 is 5.14 Å². The molecule has 0 aliphatic heterocycles. The van der Waals surface area contributed by atoms with Crippen LogP contribution in [0.5, 0.6) is 0 Å². The Kier molecular flexibility index (Phi) is 4.92. The maximum Gasteiger partial charge on any atom is 0.337 e. The molecule has 1 atom stereocenters. The third kappa shape index (κ3) is 4.02. The molecule has 2 aromatic carbocycles. The molecule has 0 saturated heterocycles. The number of carbonyl (C=O) groups is 2. The quantitative estimate of drug-likeness (QED) is 0.872. The van der Waals surface area contributed by atoms with Gasteiger partial charge in [0.2, 0.25) is 0 Å². The summed E-state index contributed by atoms with van der Waals surface area (Å²) in [5.41, 5.74) is 1.47. The zero-order valence-corrected chi connectivity index (χ0v) is 13.5. The van der Waals surface area contributed by atoms with Crippen LogP contribution in [0.2, 0.25) is 0 Å². The average Bonchev–Trinajstić information content (AvgIpc) is 2.54. The molecule has 2 rings (SSSR count). The fourth-order valence-electron chi connectivity index (χ4n) is 1.83. The van der Waals surface area contributed by atoms with E-state index >= 15 is 0 Å². The van der Waals surface area contributed by atoms with Gasteiger partial charge in [-0.1, -0.05) is 17.7 Å².